The Balaban J connectivity index is 3.10. The number of benzene rings is 1. The molecule has 0 radical (unpaired) electrons. The molecule has 1 rings (SSSR count). The lowest BCUT2D eigenvalue weighted by atomic mass is 10.1. The van der Waals surface area contributed by atoms with Gasteiger partial charge < -0.3 is 16.0 Å². The Morgan fingerprint density at radius 2 is 2.00 bits per heavy atom. The monoisotopic (exact) mass is 341 g/mol. The van der Waals surface area contributed by atoms with Crippen LogP contribution in [-0.2, 0) is 11.3 Å². The van der Waals surface area contributed by atoms with Crippen molar-refractivity contribution in [2.75, 3.05) is 11.4 Å². The van der Waals surface area contributed by atoms with E-state index >= 15 is 0 Å². The molecule has 0 aliphatic heterocycles. The molecule has 0 aliphatic rings. The van der Waals surface area contributed by atoms with Crippen LogP contribution in [0.1, 0.15) is 33.3 Å². The standard InChI is InChI=1S/C15H24BrN3O/c1-10(2)18-8-12-5-6-13(16)7-14(12)19(11(3)4)9-15(17)20/h5-7,10-11,18H,8-9H2,1-4H3,(H2,17,20). The van der Waals surface area contributed by atoms with E-state index in [0.29, 0.717) is 6.04 Å². The summed E-state index contributed by atoms with van der Waals surface area (Å²) in [6.07, 6.45) is 0. The Bertz CT molecular complexity index is 460. The van der Waals surface area contributed by atoms with Gasteiger partial charge in [-0.15, -0.1) is 0 Å². The molecule has 1 aromatic rings. The van der Waals surface area contributed by atoms with E-state index in [1.807, 2.05) is 17.0 Å². The number of hydrogen-bond acceptors (Lipinski definition) is 3. The van der Waals surface area contributed by atoms with Crippen molar-refractivity contribution in [3.8, 4) is 0 Å². The van der Waals surface area contributed by atoms with Gasteiger partial charge in [-0.1, -0.05) is 35.8 Å². The zero-order valence-electron chi connectivity index (χ0n) is 12.6. The molecular formula is C15H24BrN3O. The summed E-state index contributed by atoms with van der Waals surface area (Å²) in [5.74, 6) is -0.318. The molecule has 112 valence electrons. The molecule has 0 unspecified atom stereocenters. The molecular weight excluding hydrogens is 318 g/mol. The first-order valence-electron chi connectivity index (χ1n) is 6.88. The van der Waals surface area contributed by atoms with Crippen molar-refractivity contribution < 1.29 is 4.79 Å². The fourth-order valence-electron chi connectivity index (χ4n) is 1.98. The second-order valence-corrected chi connectivity index (χ2v) is 6.41. The number of hydrogen-bond donors (Lipinski definition) is 2. The van der Waals surface area contributed by atoms with Gasteiger partial charge in [-0.25, -0.2) is 0 Å². The molecule has 5 heteroatoms. The van der Waals surface area contributed by atoms with Crippen LogP contribution in [0.4, 0.5) is 5.69 Å². The molecule has 0 spiro atoms. The van der Waals surface area contributed by atoms with Crippen LogP contribution in [0.15, 0.2) is 22.7 Å². The van der Waals surface area contributed by atoms with Gasteiger partial charge in [0.2, 0.25) is 5.91 Å². The lowest BCUT2D eigenvalue weighted by Gasteiger charge is -2.30. The van der Waals surface area contributed by atoms with Crippen LogP contribution >= 0.6 is 15.9 Å². The summed E-state index contributed by atoms with van der Waals surface area (Å²) in [5, 5.41) is 3.41. The topological polar surface area (TPSA) is 58.4 Å². The lowest BCUT2D eigenvalue weighted by Crippen LogP contribution is -2.39. The van der Waals surface area contributed by atoms with Gasteiger partial charge in [-0.3, -0.25) is 4.79 Å². The van der Waals surface area contributed by atoms with Crippen molar-refractivity contribution in [2.24, 2.45) is 5.73 Å². The molecule has 0 atom stereocenters. The summed E-state index contributed by atoms with van der Waals surface area (Å²) in [7, 11) is 0. The van der Waals surface area contributed by atoms with Gasteiger partial charge in [0.1, 0.15) is 0 Å². The fourth-order valence-corrected chi connectivity index (χ4v) is 2.33. The summed E-state index contributed by atoms with van der Waals surface area (Å²) in [5.41, 5.74) is 7.58. The number of nitrogens with two attached hydrogens (primary N) is 1. The molecule has 1 amide bonds. The first kappa shape index (κ1) is 17.0. The summed E-state index contributed by atoms with van der Waals surface area (Å²) in [6, 6.07) is 6.75. The van der Waals surface area contributed by atoms with Crippen LogP contribution in [0.3, 0.4) is 0 Å². The Morgan fingerprint density at radius 3 is 2.50 bits per heavy atom. The number of halogens is 1. The molecule has 0 saturated carbocycles. The smallest absolute Gasteiger partial charge is 0.236 e. The molecule has 0 bridgehead atoms. The summed E-state index contributed by atoms with van der Waals surface area (Å²) >= 11 is 3.50. The maximum Gasteiger partial charge on any atom is 0.236 e. The van der Waals surface area contributed by atoms with E-state index in [9.17, 15) is 4.79 Å². The van der Waals surface area contributed by atoms with Crippen molar-refractivity contribution in [1.29, 1.82) is 0 Å². The van der Waals surface area contributed by atoms with Crippen molar-refractivity contribution in [3.63, 3.8) is 0 Å². The predicted octanol–water partition coefficient (Wildman–Crippen LogP) is 2.65. The lowest BCUT2D eigenvalue weighted by molar-refractivity contribution is -0.116. The van der Waals surface area contributed by atoms with Crippen LogP contribution < -0.4 is 16.0 Å². The third-order valence-corrected chi connectivity index (χ3v) is 3.50. The summed E-state index contributed by atoms with van der Waals surface area (Å²) < 4.78 is 0.996. The highest BCUT2D eigenvalue weighted by Gasteiger charge is 2.17. The predicted molar refractivity (Wildman–Crippen MR) is 87.8 cm³/mol. The average Bonchev–Trinajstić information content (AvgIpc) is 2.33. The maximum atomic E-state index is 11.3. The van der Waals surface area contributed by atoms with Gasteiger partial charge in [0.15, 0.2) is 0 Å². The highest BCUT2D eigenvalue weighted by Crippen LogP contribution is 2.27. The van der Waals surface area contributed by atoms with E-state index in [0.717, 1.165) is 22.3 Å². The van der Waals surface area contributed by atoms with Crippen LogP contribution in [-0.4, -0.2) is 24.5 Å². The van der Waals surface area contributed by atoms with E-state index in [1.165, 1.54) is 0 Å². The number of amides is 1. The van der Waals surface area contributed by atoms with Crippen molar-refractivity contribution in [3.05, 3.63) is 28.2 Å². The number of nitrogens with zero attached hydrogens (tertiary/aromatic N) is 1. The van der Waals surface area contributed by atoms with Crippen molar-refractivity contribution >= 4 is 27.5 Å². The minimum atomic E-state index is -0.318. The molecule has 0 aromatic heterocycles. The Hall–Kier alpha value is -1.07. The molecule has 1 aromatic carbocycles. The second kappa shape index (κ2) is 7.64. The second-order valence-electron chi connectivity index (χ2n) is 5.50. The SMILES string of the molecule is CC(C)NCc1ccc(Br)cc1N(CC(N)=O)C(C)C. The van der Waals surface area contributed by atoms with E-state index in [-0.39, 0.29) is 18.5 Å². The quantitative estimate of drug-likeness (QED) is 0.801. The van der Waals surface area contributed by atoms with Gasteiger partial charge in [0, 0.05) is 28.8 Å². The number of primary amides is 1. The van der Waals surface area contributed by atoms with Crippen LogP contribution in [0.2, 0.25) is 0 Å². The number of rotatable bonds is 7. The number of carbonyl (C=O) groups excluding carboxylic acids is 1. The highest BCUT2D eigenvalue weighted by atomic mass is 79.9. The Labute approximate surface area is 129 Å². The van der Waals surface area contributed by atoms with Gasteiger partial charge >= 0.3 is 0 Å². The largest absolute Gasteiger partial charge is 0.368 e. The van der Waals surface area contributed by atoms with E-state index in [1.54, 1.807) is 0 Å². The summed E-state index contributed by atoms with van der Waals surface area (Å²) in [6.45, 7) is 9.34. The van der Waals surface area contributed by atoms with Gasteiger partial charge in [-0.2, -0.15) is 0 Å². The van der Waals surface area contributed by atoms with Gasteiger partial charge in [0.25, 0.3) is 0 Å². The Kier molecular flexibility index (Phi) is 6.49. The summed E-state index contributed by atoms with van der Waals surface area (Å²) in [4.78, 5) is 13.3. The van der Waals surface area contributed by atoms with Crippen LogP contribution in [0, 0.1) is 0 Å². The third-order valence-electron chi connectivity index (χ3n) is 3.01. The highest BCUT2D eigenvalue weighted by molar-refractivity contribution is 9.10. The van der Waals surface area contributed by atoms with Gasteiger partial charge in [0.05, 0.1) is 6.54 Å². The Morgan fingerprint density at radius 1 is 1.35 bits per heavy atom. The fraction of sp³-hybridized carbons (Fsp3) is 0.533. The van der Waals surface area contributed by atoms with Crippen LogP contribution in [0.5, 0.6) is 0 Å². The minimum Gasteiger partial charge on any atom is -0.368 e. The van der Waals surface area contributed by atoms with Crippen molar-refractivity contribution in [1.82, 2.24) is 5.32 Å². The van der Waals surface area contributed by atoms with Crippen molar-refractivity contribution in [2.45, 2.75) is 46.3 Å². The average molecular weight is 342 g/mol. The number of carbonyl (C=O) groups is 1. The van der Waals surface area contributed by atoms with E-state index < -0.39 is 0 Å². The maximum absolute atomic E-state index is 11.3. The molecule has 0 fully saturated rings. The van der Waals surface area contributed by atoms with E-state index in [2.05, 4.69) is 55.0 Å². The van der Waals surface area contributed by atoms with Crippen LogP contribution in [0.25, 0.3) is 0 Å². The molecule has 0 heterocycles. The molecule has 20 heavy (non-hydrogen) atoms. The number of anilines is 1. The zero-order valence-corrected chi connectivity index (χ0v) is 14.2. The van der Waals surface area contributed by atoms with E-state index in [4.69, 9.17) is 5.73 Å². The number of nitrogens with one attached hydrogen (secondary N) is 1. The molecule has 4 nitrogen and oxygen atoms in total. The first-order valence-corrected chi connectivity index (χ1v) is 7.67. The molecule has 3 N–H and O–H groups in total. The van der Waals surface area contributed by atoms with Gasteiger partial charge in [-0.05, 0) is 31.5 Å². The third kappa shape index (κ3) is 5.13. The normalized spacial score (nSPS) is 11.2. The molecule has 0 saturated heterocycles. The minimum absolute atomic E-state index is 0.203. The zero-order chi connectivity index (χ0) is 15.3. The molecule has 0 aliphatic carbocycles. The first-order chi connectivity index (χ1) is 9.31.